The second-order valence-electron chi connectivity index (χ2n) is 4.73. The molecule has 1 N–H and O–H groups in total. The molecule has 3 aromatic rings. The Labute approximate surface area is 133 Å². The lowest BCUT2D eigenvalue weighted by Crippen LogP contribution is -2.03. The molecule has 23 heavy (non-hydrogen) atoms. The first-order valence-electron chi connectivity index (χ1n) is 6.96. The Morgan fingerprint density at radius 2 is 2.04 bits per heavy atom. The molecule has 0 aliphatic carbocycles. The van der Waals surface area contributed by atoms with E-state index in [2.05, 4.69) is 15.3 Å². The highest BCUT2D eigenvalue weighted by atomic mass is 16.5. The minimum absolute atomic E-state index is 0.226. The molecule has 1 aromatic carbocycles. The number of hydrogen-bond donors (Lipinski definition) is 1. The van der Waals surface area contributed by atoms with Crippen molar-refractivity contribution in [1.29, 1.82) is 0 Å². The predicted octanol–water partition coefficient (Wildman–Crippen LogP) is 1.84. The number of benzene rings is 1. The van der Waals surface area contributed by atoms with Crippen LogP contribution in [0.5, 0.6) is 11.5 Å². The van der Waals surface area contributed by atoms with E-state index >= 15 is 0 Å². The van der Waals surface area contributed by atoms with Crippen LogP contribution in [0.2, 0.25) is 0 Å². The molecule has 0 fully saturated rings. The van der Waals surface area contributed by atoms with Crippen LogP contribution >= 0.6 is 0 Å². The highest BCUT2D eigenvalue weighted by molar-refractivity contribution is 5.65. The Balaban J connectivity index is 2.24. The lowest BCUT2D eigenvalue weighted by Gasteiger charge is -2.12. The summed E-state index contributed by atoms with van der Waals surface area (Å²) in [5.74, 6) is 1.28. The minimum atomic E-state index is -0.226. The number of hydrogen-bond acceptors (Lipinski definition) is 6. The third-order valence-corrected chi connectivity index (χ3v) is 3.44. The Morgan fingerprint density at radius 1 is 1.17 bits per heavy atom. The average Bonchev–Trinajstić information content (AvgIpc) is 3.05. The molecule has 0 aliphatic rings. The summed E-state index contributed by atoms with van der Waals surface area (Å²) >= 11 is 0. The summed E-state index contributed by atoms with van der Waals surface area (Å²) in [6, 6.07) is 9.09. The second-order valence-corrected chi connectivity index (χ2v) is 4.73. The van der Waals surface area contributed by atoms with Gasteiger partial charge in [0.2, 0.25) is 0 Å². The summed E-state index contributed by atoms with van der Waals surface area (Å²) in [5, 5.41) is 17.8. The van der Waals surface area contributed by atoms with Crippen molar-refractivity contribution < 1.29 is 14.6 Å². The van der Waals surface area contributed by atoms with Crippen LogP contribution in [-0.4, -0.2) is 39.3 Å². The normalized spacial score (nSPS) is 10.6. The number of methoxy groups -OCH3 is 2. The molecule has 7 heteroatoms. The standard InChI is InChI=1S/C16H16N4O3/c1-22-12-5-6-15(23-2)14(8-12)20-16(13(10-21)18-19-20)11-4-3-7-17-9-11/h3-9,21H,10H2,1-2H3. The number of nitrogens with zero attached hydrogens (tertiary/aromatic N) is 4. The predicted molar refractivity (Wildman–Crippen MR) is 83.6 cm³/mol. The fraction of sp³-hybridized carbons (Fsp3) is 0.188. The molecule has 0 amide bonds. The molecule has 3 rings (SSSR count). The van der Waals surface area contributed by atoms with E-state index in [1.54, 1.807) is 49.5 Å². The SMILES string of the molecule is COc1ccc(OC)c(-n2nnc(CO)c2-c2cccnc2)c1. The smallest absolute Gasteiger partial charge is 0.144 e. The second kappa shape index (κ2) is 6.45. The number of aromatic nitrogens is 4. The van der Waals surface area contributed by atoms with Crippen LogP contribution in [-0.2, 0) is 6.61 Å². The zero-order valence-corrected chi connectivity index (χ0v) is 12.8. The van der Waals surface area contributed by atoms with Crippen molar-refractivity contribution in [3.8, 4) is 28.4 Å². The molecule has 0 spiro atoms. The van der Waals surface area contributed by atoms with Crippen LogP contribution in [0, 0.1) is 0 Å². The molecule has 7 nitrogen and oxygen atoms in total. The van der Waals surface area contributed by atoms with E-state index in [0.717, 1.165) is 5.56 Å². The first-order chi connectivity index (χ1) is 11.3. The van der Waals surface area contributed by atoms with Gasteiger partial charge in [0, 0.05) is 24.0 Å². The van der Waals surface area contributed by atoms with Gasteiger partial charge >= 0.3 is 0 Å². The van der Waals surface area contributed by atoms with Crippen molar-refractivity contribution in [2.45, 2.75) is 6.61 Å². The maximum absolute atomic E-state index is 9.58. The van der Waals surface area contributed by atoms with Crippen LogP contribution in [0.15, 0.2) is 42.7 Å². The van der Waals surface area contributed by atoms with E-state index < -0.39 is 0 Å². The molecular formula is C16H16N4O3. The number of rotatable bonds is 5. The zero-order chi connectivity index (χ0) is 16.2. The Morgan fingerprint density at radius 3 is 2.70 bits per heavy atom. The molecule has 0 bridgehead atoms. The highest BCUT2D eigenvalue weighted by Gasteiger charge is 2.19. The van der Waals surface area contributed by atoms with Gasteiger partial charge in [-0.2, -0.15) is 0 Å². The highest BCUT2D eigenvalue weighted by Crippen LogP contribution is 2.32. The number of ether oxygens (including phenoxy) is 2. The van der Waals surface area contributed by atoms with Crippen molar-refractivity contribution in [3.05, 3.63) is 48.4 Å². The van der Waals surface area contributed by atoms with E-state index in [4.69, 9.17) is 9.47 Å². The van der Waals surface area contributed by atoms with Crippen molar-refractivity contribution in [2.24, 2.45) is 0 Å². The lowest BCUT2D eigenvalue weighted by atomic mass is 10.1. The molecular weight excluding hydrogens is 296 g/mol. The van der Waals surface area contributed by atoms with Gasteiger partial charge in [-0.3, -0.25) is 4.98 Å². The van der Waals surface area contributed by atoms with Crippen molar-refractivity contribution >= 4 is 0 Å². The van der Waals surface area contributed by atoms with Crippen LogP contribution in [0.4, 0.5) is 0 Å². The molecule has 2 aromatic heterocycles. The van der Waals surface area contributed by atoms with Gasteiger partial charge in [-0.1, -0.05) is 5.21 Å². The number of aliphatic hydroxyl groups is 1. The Bertz CT molecular complexity index is 802. The minimum Gasteiger partial charge on any atom is -0.497 e. The third kappa shape index (κ3) is 2.74. The van der Waals surface area contributed by atoms with Crippen molar-refractivity contribution in [2.75, 3.05) is 14.2 Å². The van der Waals surface area contributed by atoms with Gasteiger partial charge in [0.25, 0.3) is 0 Å². The van der Waals surface area contributed by atoms with Gasteiger partial charge in [0.05, 0.1) is 20.8 Å². The summed E-state index contributed by atoms with van der Waals surface area (Å²) in [6.07, 6.45) is 3.38. The van der Waals surface area contributed by atoms with Crippen LogP contribution in [0.3, 0.4) is 0 Å². The summed E-state index contributed by atoms with van der Waals surface area (Å²) < 4.78 is 12.3. The van der Waals surface area contributed by atoms with Gasteiger partial charge in [-0.05, 0) is 24.3 Å². The van der Waals surface area contributed by atoms with Crippen LogP contribution < -0.4 is 9.47 Å². The molecule has 0 atom stereocenters. The van der Waals surface area contributed by atoms with E-state index in [1.807, 2.05) is 12.1 Å². The van der Waals surface area contributed by atoms with Crippen LogP contribution in [0.25, 0.3) is 16.9 Å². The number of pyridine rings is 1. The molecule has 118 valence electrons. The number of aliphatic hydroxyl groups excluding tert-OH is 1. The average molecular weight is 312 g/mol. The first-order valence-corrected chi connectivity index (χ1v) is 6.96. The fourth-order valence-electron chi connectivity index (χ4n) is 2.34. The van der Waals surface area contributed by atoms with E-state index in [0.29, 0.717) is 28.6 Å². The maximum Gasteiger partial charge on any atom is 0.144 e. The lowest BCUT2D eigenvalue weighted by molar-refractivity contribution is 0.277. The van der Waals surface area contributed by atoms with E-state index in [9.17, 15) is 5.11 Å². The summed E-state index contributed by atoms with van der Waals surface area (Å²) in [5.41, 5.74) is 2.58. The Hall–Kier alpha value is -2.93. The van der Waals surface area contributed by atoms with Gasteiger partial charge < -0.3 is 14.6 Å². The maximum atomic E-state index is 9.58. The van der Waals surface area contributed by atoms with Gasteiger partial charge in [-0.25, -0.2) is 4.68 Å². The van der Waals surface area contributed by atoms with Crippen LogP contribution in [0.1, 0.15) is 5.69 Å². The van der Waals surface area contributed by atoms with Gasteiger partial charge in [0.1, 0.15) is 28.6 Å². The van der Waals surface area contributed by atoms with Gasteiger partial charge in [-0.15, -0.1) is 5.10 Å². The van der Waals surface area contributed by atoms with Crippen molar-refractivity contribution in [1.82, 2.24) is 20.0 Å². The zero-order valence-electron chi connectivity index (χ0n) is 12.8. The summed E-state index contributed by atoms with van der Waals surface area (Å²) in [7, 11) is 3.17. The summed E-state index contributed by atoms with van der Waals surface area (Å²) in [4.78, 5) is 4.12. The molecule has 0 radical (unpaired) electrons. The molecule has 2 heterocycles. The van der Waals surface area contributed by atoms with Gasteiger partial charge in [0.15, 0.2) is 0 Å². The molecule has 0 unspecified atom stereocenters. The van der Waals surface area contributed by atoms with E-state index in [-0.39, 0.29) is 6.61 Å². The Kier molecular flexibility index (Phi) is 4.20. The quantitative estimate of drug-likeness (QED) is 0.774. The topological polar surface area (TPSA) is 82.3 Å². The first kappa shape index (κ1) is 15.0. The van der Waals surface area contributed by atoms with Crippen molar-refractivity contribution in [3.63, 3.8) is 0 Å². The summed E-state index contributed by atoms with van der Waals surface area (Å²) in [6.45, 7) is -0.226. The third-order valence-electron chi connectivity index (χ3n) is 3.44. The fourth-order valence-corrected chi connectivity index (χ4v) is 2.34. The molecule has 0 saturated heterocycles. The monoisotopic (exact) mass is 312 g/mol. The largest absolute Gasteiger partial charge is 0.497 e. The molecule has 0 aliphatic heterocycles. The van der Waals surface area contributed by atoms with E-state index in [1.165, 1.54) is 0 Å². The molecule has 0 saturated carbocycles.